The SMILES string of the molecule is COc1ccc(-c2c(Cl)c(Cl)c(Cl)c(Cl)c2Cl)c(C(F)(F)F)n1. The van der Waals surface area contributed by atoms with E-state index in [2.05, 4.69) is 4.98 Å². The second-order valence-electron chi connectivity index (χ2n) is 4.19. The van der Waals surface area contributed by atoms with Crippen LogP contribution >= 0.6 is 58.0 Å². The molecule has 23 heavy (non-hydrogen) atoms. The molecule has 0 aliphatic rings. The lowest BCUT2D eigenvalue weighted by Gasteiger charge is -2.17. The Morgan fingerprint density at radius 3 is 1.78 bits per heavy atom. The van der Waals surface area contributed by atoms with Crippen LogP contribution in [0.2, 0.25) is 25.1 Å². The molecule has 0 bridgehead atoms. The number of hydrogen-bond donors (Lipinski definition) is 0. The van der Waals surface area contributed by atoms with Crippen molar-refractivity contribution >= 4 is 58.0 Å². The number of methoxy groups -OCH3 is 1. The second kappa shape index (κ2) is 6.73. The normalized spacial score (nSPS) is 11.7. The molecule has 0 spiro atoms. The van der Waals surface area contributed by atoms with Crippen molar-refractivity contribution < 1.29 is 17.9 Å². The Morgan fingerprint density at radius 1 is 0.870 bits per heavy atom. The molecule has 0 radical (unpaired) electrons. The van der Waals surface area contributed by atoms with Crippen LogP contribution in [-0.2, 0) is 6.18 Å². The van der Waals surface area contributed by atoms with Gasteiger partial charge in [0.15, 0.2) is 5.69 Å². The van der Waals surface area contributed by atoms with Gasteiger partial charge >= 0.3 is 6.18 Å². The van der Waals surface area contributed by atoms with Gasteiger partial charge in [0.25, 0.3) is 0 Å². The van der Waals surface area contributed by atoms with Crippen LogP contribution in [0.1, 0.15) is 5.69 Å². The third-order valence-electron chi connectivity index (χ3n) is 2.83. The van der Waals surface area contributed by atoms with Crippen molar-refractivity contribution in [1.82, 2.24) is 4.98 Å². The van der Waals surface area contributed by atoms with Crippen LogP contribution in [0.15, 0.2) is 12.1 Å². The summed E-state index contributed by atoms with van der Waals surface area (Å²) in [5, 5.41) is -1.09. The van der Waals surface area contributed by atoms with Crippen LogP contribution < -0.4 is 4.74 Å². The summed E-state index contributed by atoms with van der Waals surface area (Å²) in [4.78, 5) is 3.42. The van der Waals surface area contributed by atoms with E-state index in [9.17, 15) is 13.2 Å². The fraction of sp³-hybridized carbons (Fsp3) is 0.154. The highest BCUT2D eigenvalue weighted by Gasteiger charge is 2.38. The molecule has 1 aromatic carbocycles. The van der Waals surface area contributed by atoms with Gasteiger partial charge in [0, 0.05) is 17.2 Å². The van der Waals surface area contributed by atoms with Crippen LogP contribution in [0.3, 0.4) is 0 Å². The molecule has 2 aromatic rings. The maximum Gasteiger partial charge on any atom is 0.434 e. The minimum absolute atomic E-state index is 0.151. The number of alkyl halides is 3. The molecule has 0 N–H and O–H groups in total. The number of nitrogens with zero attached hydrogens (tertiary/aromatic N) is 1. The molecule has 1 aromatic heterocycles. The molecule has 0 aliphatic heterocycles. The number of ether oxygens (including phenoxy) is 1. The maximum absolute atomic E-state index is 13.3. The fourth-order valence-corrected chi connectivity index (χ4v) is 3.16. The van der Waals surface area contributed by atoms with Gasteiger partial charge in [-0.2, -0.15) is 13.2 Å². The van der Waals surface area contributed by atoms with E-state index in [4.69, 9.17) is 62.7 Å². The zero-order valence-electron chi connectivity index (χ0n) is 11.0. The summed E-state index contributed by atoms with van der Waals surface area (Å²) in [6.45, 7) is 0. The first-order valence-electron chi connectivity index (χ1n) is 5.73. The number of pyridine rings is 1. The van der Waals surface area contributed by atoms with Crippen molar-refractivity contribution in [2.24, 2.45) is 0 Å². The topological polar surface area (TPSA) is 22.1 Å². The largest absolute Gasteiger partial charge is 0.481 e. The molecular formula is C13H5Cl5F3NO. The molecule has 10 heteroatoms. The van der Waals surface area contributed by atoms with E-state index in [1.807, 2.05) is 0 Å². The summed E-state index contributed by atoms with van der Waals surface area (Å²) < 4.78 is 44.6. The smallest absolute Gasteiger partial charge is 0.434 e. The van der Waals surface area contributed by atoms with Gasteiger partial charge in [-0.15, -0.1) is 0 Å². The lowest BCUT2D eigenvalue weighted by molar-refractivity contribution is -0.140. The van der Waals surface area contributed by atoms with Crippen LogP contribution in [0.5, 0.6) is 5.88 Å². The molecule has 0 saturated carbocycles. The van der Waals surface area contributed by atoms with Crippen molar-refractivity contribution in [3.8, 4) is 17.0 Å². The lowest BCUT2D eigenvalue weighted by atomic mass is 10.0. The van der Waals surface area contributed by atoms with Crippen molar-refractivity contribution in [2.75, 3.05) is 7.11 Å². The quantitative estimate of drug-likeness (QED) is 0.380. The summed E-state index contributed by atoms with van der Waals surface area (Å²) in [7, 11) is 1.19. The summed E-state index contributed by atoms with van der Waals surface area (Å²) >= 11 is 29.7. The van der Waals surface area contributed by atoms with E-state index in [1.54, 1.807) is 0 Å². The Labute approximate surface area is 154 Å². The molecule has 124 valence electrons. The monoisotopic (exact) mass is 423 g/mol. The number of aromatic nitrogens is 1. The number of rotatable bonds is 2. The predicted octanol–water partition coefficient (Wildman–Crippen LogP) is 7.04. The second-order valence-corrected chi connectivity index (χ2v) is 6.08. The van der Waals surface area contributed by atoms with Gasteiger partial charge in [-0.1, -0.05) is 58.0 Å². The highest BCUT2D eigenvalue weighted by atomic mass is 35.5. The first-order chi connectivity index (χ1) is 10.6. The number of benzene rings is 1. The first-order valence-corrected chi connectivity index (χ1v) is 7.62. The molecule has 0 aliphatic carbocycles. The van der Waals surface area contributed by atoms with Gasteiger partial charge in [0.2, 0.25) is 5.88 Å². The average molecular weight is 425 g/mol. The van der Waals surface area contributed by atoms with Crippen LogP contribution in [-0.4, -0.2) is 12.1 Å². The maximum atomic E-state index is 13.3. The molecule has 0 atom stereocenters. The van der Waals surface area contributed by atoms with Gasteiger partial charge in [0.05, 0.1) is 32.2 Å². The Kier molecular flexibility index (Phi) is 5.48. The average Bonchev–Trinajstić information content (AvgIpc) is 2.50. The zero-order valence-corrected chi connectivity index (χ0v) is 14.8. The van der Waals surface area contributed by atoms with Gasteiger partial charge in [0.1, 0.15) is 0 Å². The van der Waals surface area contributed by atoms with Gasteiger partial charge in [-0.3, -0.25) is 0 Å². The fourth-order valence-electron chi connectivity index (χ4n) is 1.81. The van der Waals surface area contributed by atoms with Gasteiger partial charge in [-0.05, 0) is 6.07 Å². The Hall–Kier alpha value is -0.590. The summed E-state index contributed by atoms with van der Waals surface area (Å²) in [6, 6.07) is 2.34. The van der Waals surface area contributed by atoms with E-state index in [0.29, 0.717) is 0 Å². The third kappa shape index (κ3) is 3.44. The standard InChI is InChI=1S/C13H5Cl5F3NO/c1-23-5-3-2-4(12(22-5)13(19,20)21)6-7(14)9(16)11(18)10(17)8(6)15/h2-3H,1H3. The molecule has 1 heterocycles. The van der Waals surface area contributed by atoms with Crippen LogP contribution in [0.25, 0.3) is 11.1 Å². The van der Waals surface area contributed by atoms with Crippen molar-refractivity contribution in [3.05, 3.63) is 42.9 Å². The molecule has 0 unspecified atom stereocenters. The molecule has 0 fully saturated rings. The Balaban J connectivity index is 2.88. The number of halogens is 8. The first kappa shape index (κ1) is 18.7. The van der Waals surface area contributed by atoms with E-state index >= 15 is 0 Å². The van der Waals surface area contributed by atoms with E-state index in [1.165, 1.54) is 13.2 Å². The van der Waals surface area contributed by atoms with Crippen molar-refractivity contribution in [1.29, 1.82) is 0 Å². The van der Waals surface area contributed by atoms with Crippen LogP contribution in [0, 0.1) is 0 Å². The van der Waals surface area contributed by atoms with E-state index in [0.717, 1.165) is 6.07 Å². The predicted molar refractivity (Wildman–Crippen MR) is 86.3 cm³/mol. The van der Waals surface area contributed by atoms with E-state index in [-0.39, 0.29) is 36.6 Å². The summed E-state index contributed by atoms with van der Waals surface area (Å²) in [5.74, 6) is -0.223. The molecular weight excluding hydrogens is 420 g/mol. The molecule has 0 amide bonds. The minimum Gasteiger partial charge on any atom is -0.481 e. The lowest BCUT2D eigenvalue weighted by Crippen LogP contribution is -2.11. The third-order valence-corrected chi connectivity index (χ3v) is 5.10. The Morgan fingerprint density at radius 2 is 1.35 bits per heavy atom. The highest BCUT2D eigenvalue weighted by molar-refractivity contribution is 6.56. The summed E-state index contributed by atoms with van der Waals surface area (Å²) in [5.41, 5.74) is -1.85. The molecule has 2 rings (SSSR count). The molecule has 2 nitrogen and oxygen atoms in total. The van der Waals surface area contributed by atoms with Gasteiger partial charge in [-0.25, -0.2) is 4.98 Å². The Bertz CT molecular complexity index is 750. The zero-order chi connectivity index (χ0) is 17.5. The molecule has 0 saturated heterocycles. The van der Waals surface area contributed by atoms with Gasteiger partial charge < -0.3 is 4.74 Å². The highest BCUT2D eigenvalue weighted by Crippen LogP contribution is 2.50. The minimum atomic E-state index is -4.78. The van der Waals surface area contributed by atoms with Crippen molar-refractivity contribution in [2.45, 2.75) is 6.18 Å². The van der Waals surface area contributed by atoms with Crippen molar-refractivity contribution in [3.63, 3.8) is 0 Å². The van der Waals surface area contributed by atoms with E-state index < -0.39 is 17.4 Å². The van der Waals surface area contributed by atoms with Crippen LogP contribution in [0.4, 0.5) is 13.2 Å². The number of hydrogen-bond acceptors (Lipinski definition) is 2. The summed E-state index contributed by atoms with van der Waals surface area (Å²) in [6.07, 6.45) is -4.78.